The van der Waals surface area contributed by atoms with Crippen molar-refractivity contribution in [3.05, 3.63) is 182 Å². The lowest BCUT2D eigenvalue weighted by atomic mass is 9.97. The van der Waals surface area contributed by atoms with Crippen molar-refractivity contribution in [2.24, 2.45) is 0 Å². The first kappa shape index (κ1) is 31.5. The van der Waals surface area contributed by atoms with E-state index >= 15 is 0 Å². The molecule has 12 rings (SSSR count). The highest BCUT2D eigenvalue weighted by Gasteiger charge is 2.20. The van der Waals surface area contributed by atoms with Gasteiger partial charge in [-0.25, -0.2) is 15.0 Å². The number of furan rings is 2. The Labute approximate surface area is 325 Å². The minimum atomic E-state index is 0.546. The highest BCUT2D eigenvalue weighted by Crippen LogP contribution is 2.41. The summed E-state index contributed by atoms with van der Waals surface area (Å²) in [5.74, 6) is 1.70. The second kappa shape index (κ2) is 12.3. The van der Waals surface area contributed by atoms with Crippen LogP contribution in [0, 0.1) is 0 Å². The van der Waals surface area contributed by atoms with Gasteiger partial charge >= 0.3 is 0 Å². The first-order valence-corrected chi connectivity index (χ1v) is 19.0. The highest BCUT2D eigenvalue weighted by atomic mass is 16.3. The normalized spacial score (nSPS) is 11.9. The Morgan fingerprint density at radius 1 is 0.351 bits per heavy atom. The van der Waals surface area contributed by atoms with Crippen LogP contribution in [-0.2, 0) is 0 Å². The molecule has 266 valence electrons. The smallest absolute Gasteiger partial charge is 0.167 e. The third kappa shape index (κ3) is 4.94. The number of rotatable bonds is 5. The topological polar surface area (TPSA) is 69.9 Å². The van der Waals surface area contributed by atoms with Gasteiger partial charge in [0.1, 0.15) is 22.3 Å². The van der Waals surface area contributed by atoms with E-state index in [4.69, 9.17) is 23.8 Å². The first-order valence-electron chi connectivity index (χ1n) is 19.0. The molecule has 6 nitrogen and oxygen atoms in total. The molecule has 0 fully saturated rings. The molecule has 0 saturated carbocycles. The first-order chi connectivity index (χ1) is 28.2. The van der Waals surface area contributed by atoms with Crippen molar-refractivity contribution in [3.63, 3.8) is 0 Å². The predicted molar refractivity (Wildman–Crippen MR) is 230 cm³/mol. The number of nitrogens with zero attached hydrogens (tertiary/aromatic N) is 4. The molecule has 0 aliphatic carbocycles. The van der Waals surface area contributed by atoms with E-state index in [1.54, 1.807) is 0 Å². The summed E-state index contributed by atoms with van der Waals surface area (Å²) in [6.45, 7) is 0. The molecule has 8 aromatic carbocycles. The SMILES string of the molecule is c1ccc(-c2nc(-c3ccc4oc5cccc(-c6ccc7c(c6)c6ccccc6n7-c6ccccc6)c5c4c3)nc(-c3cccc4c3oc3ccccc34)n2)cc1. The summed E-state index contributed by atoms with van der Waals surface area (Å²) in [5, 5.41) is 6.53. The number of hydrogen-bond donors (Lipinski definition) is 0. The van der Waals surface area contributed by atoms with Crippen molar-refractivity contribution in [2.75, 3.05) is 0 Å². The van der Waals surface area contributed by atoms with Crippen molar-refractivity contribution in [1.29, 1.82) is 0 Å². The van der Waals surface area contributed by atoms with E-state index in [0.717, 1.165) is 82.9 Å². The Kier molecular flexibility index (Phi) is 6.83. The minimum absolute atomic E-state index is 0.546. The molecule has 0 aliphatic rings. The summed E-state index contributed by atoms with van der Waals surface area (Å²) in [6.07, 6.45) is 0. The quantitative estimate of drug-likeness (QED) is 0.176. The van der Waals surface area contributed by atoms with Crippen LogP contribution in [0.2, 0.25) is 0 Å². The van der Waals surface area contributed by atoms with Gasteiger partial charge < -0.3 is 13.4 Å². The number of hydrogen-bond acceptors (Lipinski definition) is 5. The Morgan fingerprint density at radius 3 is 1.84 bits per heavy atom. The Morgan fingerprint density at radius 2 is 0.965 bits per heavy atom. The van der Waals surface area contributed by atoms with Crippen LogP contribution in [0.4, 0.5) is 0 Å². The number of para-hydroxylation sites is 4. The fraction of sp³-hybridized carbons (Fsp3) is 0. The molecular weight excluding hydrogens is 701 g/mol. The lowest BCUT2D eigenvalue weighted by Crippen LogP contribution is -2.00. The average molecular weight is 731 g/mol. The van der Waals surface area contributed by atoms with E-state index in [0.29, 0.717) is 17.5 Å². The fourth-order valence-corrected chi connectivity index (χ4v) is 8.47. The van der Waals surface area contributed by atoms with Gasteiger partial charge in [0.15, 0.2) is 17.5 Å². The Bertz CT molecular complexity index is 3530. The van der Waals surface area contributed by atoms with E-state index in [1.807, 2.05) is 78.9 Å². The monoisotopic (exact) mass is 730 g/mol. The van der Waals surface area contributed by atoms with Gasteiger partial charge in [-0.05, 0) is 77.9 Å². The lowest BCUT2D eigenvalue weighted by molar-refractivity contribution is 0.669. The highest BCUT2D eigenvalue weighted by molar-refractivity contribution is 6.16. The number of benzene rings is 8. The molecule has 6 heteroatoms. The van der Waals surface area contributed by atoms with Gasteiger partial charge in [0, 0.05) is 49.1 Å². The van der Waals surface area contributed by atoms with Crippen LogP contribution in [0.15, 0.2) is 191 Å². The summed E-state index contributed by atoms with van der Waals surface area (Å²) in [4.78, 5) is 15.3. The van der Waals surface area contributed by atoms with Gasteiger partial charge in [0.25, 0.3) is 0 Å². The van der Waals surface area contributed by atoms with Crippen molar-refractivity contribution < 1.29 is 8.83 Å². The summed E-state index contributed by atoms with van der Waals surface area (Å²) >= 11 is 0. The van der Waals surface area contributed by atoms with Crippen LogP contribution >= 0.6 is 0 Å². The molecule has 0 N–H and O–H groups in total. The van der Waals surface area contributed by atoms with Crippen LogP contribution < -0.4 is 0 Å². The molecule has 0 amide bonds. The van der Waals surface area contributed by atoms with Gasteiger partial charge in [-0.15, -0.1) is 0 Å². The van der Waals surface area contributed by atoms with Crippen molar-refractivity contribution in [3.8, 4) is 51.0 Å². The Hall–Kier alpha value is -7.83. The maximum absolute atomic E-state index is 6.52. The second-order valence-corrected chi connectivity index (χ2v) is 14.4. The second-order valence-electron chi connectivity index (χ2n) is 14.4. The number of aromatic nitrogens is 4. The zero-order valence-corrected chi connectivity index (χ0v) is 30.4. The van der Waals surface area contributed by atoms with E-state index < -0.39 is 0 Å². The maximum Gasteiger partial charge on any atom is 0.167 e. The molecule has 0 bridgehead atoms. The van der Waals surface area contributed by atoms with E-state index in [1.165, 1.54) is 16.3 Å². The molecule has 12 aromatic rings. The molecule has 0 unspecified atom stereocenters. The third-order valence-electron chi connectivity index (χ3n) is 11.1. The summed E-state index contributed by atoms with van der Waals surface area (Å²) in [7, 11) is 0. The molecule has 4 aromatic heterocycles. The van der Waals surface area contributed by atoms with Gasteiger partial charge in [-0.3, -0.25) is 0 Å². The average Bonchev–Trinajstić information content (AvgIpc) is 3.96. The van der Waals surface area contributed by atoms with E-state index in [-0.39, 0.29) is 0 Å². The van der Waals surface area contributed by atoms with Crippen LogP contribution in [0.25, 0.3) is 117 Å². The van der Waals surface area contributed by atoms with Gasteiger partial charge in [0.2, 0.25) is 0 Å². The van der Waals surface area contributed by atoms with Crippen LogP contribution in [0.5, 0.6) is 0 Å². The fourth-order valence-electron chi connectivity index (χ4n) is 8.47. The molecule has 57 heavy (non-hydrogen) atoms. The zero-order valence-electron chi connectivity index (χ0n) is 30.4. The summed E-state index contributed by atoms with van der Waals surface area (Å²) < 4.78 is 15.3. The summed E-state index contributed by atoms with van der Waals surface area (Å²) in [6, 6.07) is 62.7. The molecule has 0 aliphatic heterocycles. The van der Waals surface area contributed by atoms with Crippen LogP contribution in [0.1, 0.15) is 0 Å². The molecule has 0 saturated heterocycles. The van der Waals surface area contributed by atoms with Gasteiger partial charge in [0.05, 0.1) is 16.6 Å². The largest absolute Gasteiger partial charge is 0.456 e. The van der Waals surface area contributed by atoms with Crippen molar-refractivity contribution >= 4 is 65.7 Å². The maximum atomic E-state index is 6.52. The van der Waals surface area contributed by atoms with Crippen molar-refractivity contribution in [2.45, 2.75) is 0 Å². The van der Waals surface area contributed by atoms with Gasteiger partial charge in [-0.1, -0.05) is 115 Å². The standard InChI is InChI=1S/C51H30N4O2/c1-3-13-31(14-4-1)49-52-50(54-51(53-49)39-21-11-20-38-37-18-8-10-23-44(37)57-48(38)39)33-26-28-45-41(30-33)47-35(19-12-24-46(47)56-45)32-25-27-43-40(29-32)36-17-7-9-22-42(36)55(43)34-15-5-2-6-16-34/h1-30H. The van der Waals surface area contributed by atoms with Crippen LogP contribution in [-0.4, -0.2) is 19.5 Å². The van der Waals surface area contributed by atoms with E-state index in [9.17, 15) is 0 Å². The van der Waals surface area contributed by atoms with Crippen molar-refractivity contribution in [1.82, 2.24) is 19.5 Å². The lowest BCUT2D eigenvalue weighted by Gasteiger charge is -2.09. The molecular formula is C51H30N4O2. The summed E-state index contributed by atoms with van der Waals surface area (Å²) in [5.41, 5.74) is 11.5. The molecule has 0 atom stereocenters. The number of fused-ring (bicyclic) bond motifs is 9. The predicted octanol–water partition coefficient (Wildman–Crippen LogP) is 13.4. The molecule has 0 spiro atoms. The Balaban J connectivity index is 1.05. The zero-order chi connectivity index (χ0) is 37.5. The van der Waals surface area contributed by atoms with Gasteiger partial charge in [-0.2, -0.15) is 0 Å². The molecule has 0 radical (unpaired) electrons. The third-order valence-corrected chi connectivity index (χ3v) is 11.1. The minimum Gasteiger partial charge on any atom is -0.456 e. The van der Waals surface area contributed by atoms with E-state index in [2.05, 4.69) is 108 Å². The molecule has 4 heterocycles. The van der Waals surface area contributed by atoms with Crippen LogP contribution in [0.3, 0.4) is 0 Å².